The number of hydrogen-bond acceptors (Lipinski definition) is 7. The lowest BCUT2D eigenvalue weighted by atomic mass is 10.3. The topological polar surface area (TPSA) is 95.3 Å². The van der Waals surface area contributed by atoms with Gasteiger partial charge in [-0.2, -0.15) is 0 Å². The van der Waals surface area contributed by atoms with Gasteiger partial charge >= 0.3 is 6.36 Å². The molecule has 2 aromatic heterocycles. The van der Waals surface area contributed by atoms with E-state index in [1.807, 2.05) is 19.9 Å². The zero-order chi connectivity index (χ0) is 24.9. The van der Waals surface area contributed by atoms with E-state index in [1.165, 1.54) is 43.3 Å². The molecule has 0 saturated carbocycles. The summed E-state index contributed by atoms with van der Waals surface area (Å²) in [7, 11) is 1.35. The van der Waals surface area contributed by atoms with Gasteiger partial charge in [-0.05, 0) is 44.2 Å². The average Bonchev–Trinajstić information content (AvgIpc) is 2.73. The van der Waals surface area contributed by atoms with Gasteiger partial charge in [-0.25, -0.2) is 9.97 Å². The number of halogens is 3. The SMILES string of the molecule is COc1cn(CC(=O)Nc2ccc(OC(F)(F)F)cc2)c(CSc2nc(C)cc(C)n2)cc1=O. The predicted octanol–water partition coefficient (Wildman–Crippen LogP) is 4.09. The van der Waals surface area contributed by atoms with E-state index in [0.717, 1.165) is 23.5 Å². The Balaban J connectivity index is 1.74. The molecule has 180 valence electrons. The molecule has 3 aromatic rings. The highest BCUT2D eigenvalue weighted by Crippen LogP contribution is 2.24. The summed E-state index contributed by atoms with van der Waals surface area (Å²) in [5.74, 6) is -0.468. The monoisotopic (exact) mass is 494 g/mol. The molecule has 0 fully saturated rings. The van der Waals surface area contributed by atoms with Gasteiger partial charge in [0.25, 0.3) is 0 Å². The molecule has 8 nitrogen and oxygen atoms in total. The summed E-state index contributed by atoms with van der Waals surface area (Å²) in [6.07, 6.45) is -3.37. The Morgan fingerprint density at radius 1 is 1.12 bits per heavy atom. The van der Waals surface area contributed by atoms with Gasteiger partial charge in [0.2, 0.25) is 11.3 Å². The van der Waals surface area contributed by atoms with Crippen molar-refractivity contribution in [3.8, 4) is 11.5 Å². The molecule has 34 heavy (non-hydrogen) atoms. The third-order valence-electron chi connectivity index (χ3n) is 4.40. The van der Waals surface area contributed by atoms with E-state index in [-0.39, 0.29) is 23.4 Å². The van der Waals surface area contributed by atoms with Crippen LogP contribution in [-0.4, -0.2) is 33.9 Å². The lowest BCUT2D eigenvalue weighted by molar-refractivity contribution is -0.274. The standard InChI is InChI=1S/C22H21F3N4O4S/c1-13-8-14(2)27-21(26-13)34-12-16-9-18(30)19(32-3)10-29(16)11-20(31)28-15-4-6-17(7-5-15)33-22(23,24)25/h4-10H,11-12H2,1-3H3,(H,28,31). The molecule has 0 spiro atoms. The van der Waals surface area contributed by atoms with Crippen LogP contribution in [-0.2, 0) is 17.1 Å². The summed E-state index contributed by atoms with van der Waals surface area (Å²) in [5.41, 5.74) is 2.12. The van der Waals surface area contributed by atoms with Crippen molar-refractivity contribution < 1.29 is 27.4 Å². The number of nitrogens with zero attached hydrogens (tertiary/aromatic N) is 3. The molecule has 1 N–H and O–H groups in total. The van der Waals surface area contributed by atoms with Gasteiger partial charge in [-0.15, -0.1) is 13.2 Å². The van der Waals surface area contributed by atoms with Crippen LogP contribution in [0.3, 0.4) is 0 Å². The molecule has 0 unspecified atom stereocenters. The average molecular weight is 494 g/mol. The molecule has 1 aromatic carbocycles. The molecule has 0 saturated heterocycles. The van der Waals surface area contributed by atoms with Crippen LogP contribution in [0.4, 0.5) is 18.9 Å². The van der Waals surface area contributed by atoms with Crippen LogP contribution in [0.1, 0.15) is 17.1 Å². The van der Waals surface area contributed by atoms with E-state index in [4.69, 9.17) is 4.74 Å². The number of anilines is 1. The van der Waals surface area contributed by atoms with Crippen molar-refractivity contribution in [2.75, 3.05) is 12.4 Å². The van der Waals surface area contributed by atoms with Crippen molar-refractivity contribution in [2.24, 2.45) is 0 Å². The highest BCUT2D eigenvalue weighted by atomic mass is 32.2. The van der Waals surface area contributed by atoms with Gasteiger partial charge in [0.15, 0.2) is 10.9 Å². The first-order chi connectivity index (χ1) is 16.0. The largest absolute Gasteiger partial charge is 0.573 e. The normalized spacial score (nSPS) is 11.2. The smallest absolute Gasteiger partial charge is 0.491 e. The zero-order valence-electron chi connectivity index (χ0n) is 18.5. The minimum atomic E-state index is -4.80. The first-order valence-electron chi connectivity index (χ1n) is 9.90. The predicted molar refractivity (Wildman–Crippen MR) is 120 cm³/mol. The van der Waals surface area contributed by atoms with Gasteiger partial charge < -0.3 is 19.4 Å². The summed E-state index contributed by atoms with van der Waals surface area (Å²) in [6, 6.07) is 8.00. The number of carbonyl (C=O) groups excluding carboxylic acids is 1. The van der Waals surface area contributed by atoms with Gasteiger partial charge in [0.1, 0.15) is 12.3 Å². The highest BCUT2D eigenvalue weighted by molar-refractivity contribution is 7.98. The van der Waals surface area contributed by atoms with E-state index >= 15 is 0 Å². The van der Waals surface area contributed by atoms with E-state index in [1.54, 1.807) is 4.57 Å². The number of rotatable bonds is 8. The van der Waals surface area contributed by atoms with E-state index in [0.29, 0.717) is 16.6 Å². The number of aryl methyl sites for hydroxylation is 2. The fourth-order valence-corrected chi connectivity index (χ4v) is 3.95. The lowest BCUT2D eigenvalue weighted by Gasteiger charge is -2.15. The summed E-state index contributed by atoms with van der Waals surface area (Å²) in [6.45, 7) is 3.55. The third-order valence-corrected chi connectivity index (χ3v) is 5.28. The number of carbonyl (C=O) groups is 1. The van der Waals surface area contributed by atoms with Gasteiger partial charge in [0.05, 0.1) is 13.3 Å². The Labute approximate surface area is 197 Å². The van der Waals surface area contributed by atoms with E-state index in [9.17, 15) is 22.8 Å². The number of aromatic nitrogens is 3. The van der Waals surface area contributed by atoms with Crippen molar-refractivity contribution in [1.82, 2.24) is 14.5 Å². The van der Waals surface area contributed by atoms with Crippen molar-refractivity contribution in [3.05, 3.63) is 69.9 Å². The van der Waals surface area contributed by atoms with Crippen molar-refractivity contribution >= 4 is 23.4 Å². The lowest BCUT2D eigenvalue weighted by Crippen LogP contribution is -2.23. The molecule has 0 aliphatic carbocycles. The van der Waals surface area contributed by atoms with E-state index < -0.39 is 18.0 Å². The summed E-state index contributed by atoms with van der Waals surface area (Å²) in [5, 5.41) is 3.14. The third kappa shape index (κ3) is 7.24. The number of benzene rings is 1. The number of amides is 1. The number of pyridine rings is 1. The number of ether oxygens (including phenoxy) is 2. The molecule has 0 aliphatic rings. The number of alkyl halides is 3. The zero-order valence-corrected chi connectivity index (χ0v) is 19.3. The molecule has 2 heterocycles. The number of nitrogens with one attached hydrogen (secondary N) is 1. The first kappa shape index (κ1) is 25.1. The summed E-state index contributed by atoms with van der Waals surface area (Å²) >= 11 is 1.32. The molecular weight excluding hydrogens is 473 g/mol. The molecule has 0 atom stereocenters. The Bertz CT molecular complexity index is 1210. The molecule has 0 radical (unpaired) electrons. The molecular formula is C22H21F3N4O4S. The second-order valence-corrected chi connectivity index (χ2v) is 8.11. The molecule has 1 amide bonds. The van der Waals surface area contributed by atoms with Crippen molar-refractivity contribution in [3.63, 3.8) is 0 Å². The van der Waals surface area contributed by atoms with Crippen LogP contribution >= 0.6 is 11.8 Å². The number of thioether (sulfide) groups is 1. The maximum atomic E-state index is 12.6. The molecule has 0 bridgehead atoms. The molecule has 0 aliphatic heterocycles. The van der Waals surface area contributed by atoms with Crippen molar-refractivity contribution in [2.45, 2.75) is 37.7 Å². The quantitative estimate of drug-likeness (QED) is 0.372. The second kappa shape index (κ2) is 10.6. The first-order valence-corrected chi connectivity index (χ1v) is 10.9. The minimum Gasteiger partial charge on any atom is -0.491 e. The Hall–Kier alpha value is -3.54. The maximum absolute atomic E-state index is 12.6. The maximum Gasteiger partial charge on any atom is 0.573 e. The Kier molecular flexibility index (Phi) is 7.82. The second-order valence-electron chi connectivity index (χ2n) is 7.17. The summed E-state index contributed by atoms with van der Waals surface area (Å²) in [4.78, 5) is 33.6. The molecule has 3 rings (SSSR count). The van der Waals surface area contributed by atoms with Crippen LogP contribution in [0, 0.1) is 13.8 Å². The highest BCUT2D eigenvalue weighted by Gasteiger charge is 2.31. The minimum absolute atomic E-state index is 0.0675. The number of hydrogen-bond donors (Lipinski definition) is 1. The summed E-state index contributed by atoms with van der Waals surface area (Å²) < 4.78 is 47.4. The van der Waals surface area contributed by atoms with Gasteiger partial charge in [-0.3, -0.25) is 9.59 Å². The van der Waals surface area contributed by atoms with Crippen LogP contribution in [0.2, 0.25) is 0 Å². The van der Waals surface area contributed by atoms with E-state index in [2.05, 4.69) is 20.0 Å². The van der Waals surface area contributed by atoms with Crippen molar-refractivity contribution in [1.29, 1.82) is 0 Å². The van der Waals surface area contributed by atoms with Crippen LogP contribution in [0.15, 0.2) is 52.5 Å². The van der Waals surface area contributed by atoms with Crippen LogP contribution < -0.4 is 20.2 Å². The number of methoxy groups -OCH3 is 1. The fourth-order valence-electron chi connectivity index (χ4n) is 3.01. The Morgan fingerprint density at radius 2 is 1.76 bits per heavy atom. The van der Waals surface area contributed by atoms with Gasteiger partial charge in [0, 0.05) is 34.6 Å². The van der Waals surface area contributed by atoms with Crippen LogP contribution in [0.5, 0.6) is 11.5 Å². The van der Waals surface area contributed by atoms with Gasteiger partial charge in [-0.1, -0.05) is 11.8 Å². The van der Waals surface area contributed by atoms with Crippen LogP contribution in [0.25, 0.3) is 0 Å². The molecule has 12 heteroatoms. The fraction of sp³-hybridized carbons (Fsp3) is 0.273. The Morgan fingerprint density at radius 3 is 2.35 bits per heavy atom.